The van der Waals surface area contributed by atoms with E-state index in [2.05, 4.69) is 0 Å². The number of aromatic hydroxyl groups is 1. The quantitative estimate of drug-likeness (QED) is 0.657. The van der Waals surface area contributed by atoms with Crippen LogP contribution < -0.4 is 16.2 Å². The maximum absolute atomic E-state index is 9.72. The summed E-state index contributed by atoms with van der Waals surface area (Å²) in [6, 6.07) is 3.53. The van der Waals surface area contributed by atoms with Crippen LogP contribution in [0.5, 0.6) is 11.5 Å². The van der Waals surface area contributed by atoms with Crippen LogP contribution in [0.2, 0.25) is 0 Å². The number of hydrogen-bond donors (Lipinski definition) is 3. The van der Waals surface area contributed by atoms with E-state index in [9.17, 15) is 5.11 Å². The molecule has 1 aromatic carbocycles. The molecule has 15 heavy (non-hydrogen) atoms. The number of phenols is 1. The van der Waals surface area contributed by atoms with Crippen molar-refractivity contribution in [3.05, 3.63) is 23.3 Å². The van der Waals surface area contributed by atoms with Crippen molar-refractivity contribution in [2.24, 2.45) is 11.5 Å². The molecule has 1 rings (SSSR count). The minimum absolute atomic E-state index is 0.268. The molecule has 0 aromatic heterocycles. The van der Waals surface area contributed by atoms with Gasteiger partial charge in [-0.15, -0.1) is 0 Å². The third kappa shape index (κ3) is 2.84. The van der Waals surface area contributed by atoms with Gasteiger partial charge in [-0.3, -0.25) is 0 Å². The second-order valence-electron chi connectivity index (χ2n) is 3.37. The Hall–Kier alpha value is -1.26. The number of benzene rings is 1. The van der Waals surface area contributed by atoms with E-state index in [4.69, 9.17) is 16.2 Å². The highest BCUT2D eigenvalue weighted by Gasteiger charge is 2.08. The Kier molecular flexibility index (Phi) is 4.39. The summed E-state index contributed by atoms with van der Waals surface area (Å²) in [7, 11) is 1.61. The van der Waals surface area contributed by atoms with Gasteiger partial charge in [-0.1, -0.05) is 0 Å². The summed E-state index contributed by atoms with van der Waals surface area (Å²) in [5, 5.41) is 9.72. The molecule has 84 valence electrons. The molecule has 0 unspecified atom stereocenters. The molecule has 0 atom stereocenters. The SMILES string of the molecule is COc1cc(CCN)c(O)cc1CCN. The lowest BCUT2D eigenvalue weighted by molar-refractivity contribution is 0.405. The summed E-state index contributed by atoms with van der Waals surface area (Å²) in [5.41, 5.74) is 12.7. The maximum atomic E-state index is 9.72. The Morgan fingerprint density at radius 1 is 1.13 bits per heavy atom. The molecule has 0 aliphatic heterocycles. The predicted octanol–water partition coefficient (Wildman–Crippen LogP) is 0.403. The first-order valence-electron chi connectivity index (χ1n) is 5.01. The van der Waals surface area contributed by atoms with Crippen molar-refractivity contribution >= 4 is 0 Å². The minimum atomic E-state index is 0.268. The van der Waals surface area contributed by atoms with Crippen molar-refractivity contribution in [3.8, 4) is 11.5 Å². The molecular formula is C11H18N2O2. The molecule has 0 amide bonds. The molecule has 0 saturated heterocycles. The summed E-state index contributed by atoms with van der Waals surface area (Å²) in [6.45, 7) is 1.04. The predicted molar refractivity (Wildman–Crippen MR) is 60.2 cm³/mol. The van der Waals surface area contributed by atoms with Crippen LogP contribution in [0.25, 0.3) is 0 Å². The second kappa shape index (κ2) is 5.58. The van der Waals surface area contributed by atoms with Crippen LogP contribution in [0.3, 0.4) is 0 Å². The number of hydrogen-bond acceptors (Lipinski definition) is 4. The Balaban J connectivity index is 3.04. The Bertz CT molecular complexity index is 327. The van der Waals surface area contributed by atoms with Gasteiger partial charge in [-0.05, 0) is 49.2 Å². The third-order valence-corrected chi connectivity index (χ3v) is 2.31. The molecule has 0 radical (unpaired) electrons. The van der Waals surface area contributed by atoms with E-state index in [1.54, 1.807) is 13.2 Å². The van der Waals surface area contributed by atoms with Crippen molar-refractivity contribution in [2.75, 3.05) is 20.2 Å². The van der Waals surface area contributed by atoms with Gasteiger partial charge in [0.2, 0.25) is 0 Å². The number of methoxy groups -OCH3 is 1. The number of phenolic OH excluding ortho intramolecular Hbond substituents is 1. The van der Waals surface area contributed by atoms with Gasteiger partial charge in [0.15, 0.2) is 0 Å². The molecule has 4 nitrogen and oxygen atoms in total. The molecule has 1 aromatic rings. The van der Waals surface area contributed by atoms with Crippen LogP contribution in [0.4, 0.5) is 0 Å². The van der Waals surface area contributed by atoms with E-state index in [0.717, 1.165) is 16.9 Å². The minimum Gasteiger partial charge on any atom is -0.508 e. The first-order valence-corrected chi connectivity index (χ1v) is 5.01. The van der Waals surface area contributed by atoms with Crippen LogP contribution in [0, 0.1) is 0 Å². The van der Waals surface area contributed by atoms with Crippen molar-refractivity contribution < 1.29 is 9.84 Å². The summed E-state index contributed by atoms with van der Waals surface area (Å²) < 4.78 is 5.23. The van der Waals surface area contributed by atoms with Crippen LogP contribution in [-0.2, 0) is 12.8 Å². The van der Waals surface area contributed by atoms with E-state index in [1.807, 2.05) is 6.07 Å². The number of rotatable bonds is 5. The van der Waals surface area contributed by atoms with E-state index in [1.165, 1.54) is 0 Å². The molecule has 0 heterocycles. The average Bonchev–Trinajstić information content (AvgIpc) is 2.22. The van der Waals surface area contributed by atoms with Gasteiger partial charge in [0.25, 0.3) is 0 Å². The molecule has 4 heteroatoms. The normalized spacial score (nSPS) is 10.3. The molecule has 0 fully saturated rings. The van der Waals surface area contributed by atoms with Gasteiger partial charge < -0.3 is 21.3 Å². The Morgan fingerprint density at radius 3 is 2.27 bits per heavy atom. The highest BCUT2D eigenvalue weighted by Crippen LogP contribution is 2.28. The fourth-order valence-corrected chi connectivity index (χ4v) is 1.55. The van der Waals surface area contributed by atoms with Crippen molar-refractivity contribution in [3.63, 3.8) is 0 Å². The van der Waals surface area contributed by atoms with Gasteiger partial charge in [0.1, 0.15) is 11.5 Å². The van der Waals surface area contributed by atoms with Gasteiger partial charge >= 0.3 is 0 Å². The first kappa shape index (κ1) is 11.8. The van der Waals surface area contributed by atoms with Gasteiger partial charge in [-0.25, -0.2) is 0 Å². The molecule has 0 spiro atoms. The zero-order valence-electron chi connectivity index (χ0n) is 8.99. The van der Waals surface area contributed by atoms with Gasteiger partial charge in [-0.2, -0.15) is 0 Å². The average molecular weight is 210 g/mol. The molecular weight excluding hydrogens is 192 g/mol. The molecule has 0 bridgehead atoms. The van der Waals surface area contributed by atoms with E-state index >= 15 is 0 Å². The standard InChI is InChI=1S/C11H18N2O2/c1-15-11-7-8(2-4-12)10(14)6-9(11)3-5-13/h6-7,14H,2-5,12-13H2,1H3. The van der Waals surface area contributed by atoms with Gasteiger partial charge in [0.05, 0.1) is 7.11 Å². The molecule has 0 aliphatic rings. The van der Waals surface area contributed by atoms with E-state index in [0.29, 0.717) is 25.9 Å². The Morgan fingerprint density at radius 2 is 1.73 bits per heavy atom. The van der Waals surface area contributed by atoms with Crippen LogP contribution >= 0.6 is 0 Å². The summed E-state index contributed by atoms with van der Waals surface area (Å²) >= 11 is 0. The van der Waals surface area contributed by atoms with Crippen LogP contribution in [-0.4, -0.2) is 25.3 Å². The van der Waals surface area contributed by atoms with Crippen molar-refractivity contribution in [2.45, 2.75) is 12.8 Å². The van der Waals surface area contributed by atoms with Gasteiger partial charge in [0, 0.05) is 0 Å². The van der Waals surface area contributed by atoms with Crippen LogP contribution in [0.1, 0.15) is 11.1 Å². The molecule has 0 aliphatic carbocycles. The topological polar surface area (TPSA) is 81.5 Å². The van der Waals surface area contributed by atoms with E-state index in [-0.39, 0.29) is 5.75 Å². The fourth-order valence-electron chi connectivity index (χ4n) is 1.55. The lowest BCUT2D eigenvalue weighted by Gasteiger charge is -2.11. The fraction of sp³-hybridized carbons (Fsp3) is 0.455. The third-order valence-electron chi connectivity index (χ3n) is 2.31. The zero-order chi connectivity index (χ0) is 11.3. The highest BCUT2D eigenvalue weighted by molar-refractivity contribution is 5.46. The van der Waals surface area contributed by atoms with Crippen molar-refractivity contribution in [1.29, 1.82) is 0 Å². The van der Waals surface area contributed by atoms with Crippen LogP contribution in [0.15, 0.2) is 12.1 Å². The number of ether oxygens (including phenoxy) is 1. The first-order chi connectivity index (χ1) is 7.22. The zero-order valence-corrected chi connectivity index (χ0v) is 8.99. The van der Waals surface area contributed by atoms with Crippen molar-refractivity contribution in [1.82, 2.24) is 0 Å². The Labute approximate surface area is 89.8 Å². The number of nitrogens with two attached hydrogens (primary N) is 2. The smallest absolute Gasteiger partial charge is 0.122 e. The largest absolute Gasteiger partial charge is 0.508 e. The molecule has 5 N–H and O–H groups in total. The van der Waals surface area contributed by atoms with E-state index < -0.39 is 0 Å². The lowest BCUT2D eigenvalue weighted by atomic mass is 10.0. The summed E-state index contributed by atoms with van der Waals surface area (Å²) in [6.07, 6.45) is 1.34. The summed E-state index contributed by atoms with van der Waals surface area (Å²) in [4.78, 5) is 0. The highest BCUT2D eigenvalue weighted by atomic mass is 16.5. The maximum Gasteiger partial charge on any atom is 0.122 e. The monoisotopic (exact) mass is 210 g/mol. The lowest BCUT2D eigenvalue weighted by Crippen LogP contribution is -2.06. The second-order valence-corrected chi connectivity index (χ2v) is 3.37. The summed E-state index contributed by atoms with van der Waals surface area (Å²) in [5.74, 6) is 1.03. The molecule has 0 saturated carbocycles.